The van der Waals surface area contributed by atoms with Gasteiger partial charge < -0.3 is 9.84 Å². The van der Waals surface area contributed by atoms with Gasteiger partial charge in [0.05, 0.1) is 7.11 Å². The van der Waals surface area contributed by atoms with Gasteiger partial charge in [-0.1, -0.05) is 0 Å². The Morgan fingerprint density at radius 1 is 1.40 bits per heavy atom. The van der Waals surface area contributed by atoms with Crippen LogP contribution in [0.5, 0.6) is 0 Å². The molecule has 1 heterocycles. The third-order valence-electron chi connectivity index (χ3n) is 1.48. The molecule has 0 radical (unpaired) electrons. The average Bonchev–Trinajstić information content (AvgIpc) is 2.26. The maximum Gasteiger partial charge on any atom is 0.373 e. The van der Waals surface area contributed by atoms with Crippen molar-refractivity contribution in [3.05, 3.63) is 29.9 Å². The average molecular weight is 208 g/mol. The van der Waals surface area contributed by atoms with Crippen LogP contribution in [0.1, 0.15) is 16.2 Å². The van der Waals surface area contributed by atoms with E-state index in [-0.39, 0.29) is 5.82 Å². The minimum Gasteiger partial charge on any atom is -0.475 e. The van der Waals surface area contributed by atoms with Crippen LogP contribution in [-0.4, -0.2) is 34.1 Å². The molecule has 0 aromatic carbocycles. The number of nitrogens with zero attached hydrogens (tertiary/aromatic N) is 2. The van der Waals surface area contributed by atoms with Crippen LogP contribution in [-0.2, 0) is 9.53 Å². The maximum atomic E-state index is 10.7. The van der Waals surface area contributed by atoms with Gasteiger partial charge in [0.1, 0.15) is 0 Å². The summed E-state index contributed by atoms with van der Waals surface area (Å²) < 4.78 is 4.37. The van der Waals surface area contributed by atoms with Gasteiger partial charge in [0.25, 0.3) is 0 Å². The van der Waals surface area contributed by atoms with Crippen LogP contribution in [0.2, 0.25) is 0 Å². The Hall–Kier alpha value is -2.24. The molecule has 0 fully saturated rings. The van der Waals surface area contributed by atoms with E-state index in [0.29, 0.717) is 5.56 Å². The first-order valence-corrected chi connectivity index (χ1v) is 3.95. The number of carbonyl (C=O) groups is 2. The van der Waals surface area contributed by atoms with Crippen LogP contribution in [0.15, 0.2) is 18.5 Å². The maximum absolute atomic E-state index is 10.7. The molecule has 0 bridgehead atoms. The van der Waals surface area contributed by atoms with Crippen LogP contribution in [0.4, 0.5) is 0 Å². The van der Waals surface area contributed by atoms with E-state index in [4.69, 9.17) is 5.11 Å². The molecule has 0 saturated heterocycles. The molecule has 15 heavy (non-hydrogen) atoms. The van der Waals surface area contributed by atoms with Crippen molar-refractivity contribution in [2.45, 2.75) is 0 Å². The lowest BCUT2D eigenvalue weighted by Gasteiger charge is -1.94. The lowest BCUT2D eigenvalue weighted by atomic mass is 10.3. The summed E-state index contributed by atoms with van der Waals surface area (Å²) in [6, 6.07) is 0. The number of hydrogen-bond acceptors (Lipinski definition) is 5. The number of carboxylic acid groups (broad SMARTS) is 1. The Morgan fingerprint density at radius 2 is 2.00 bits per heavy atom. The van der Waals surface area contributed by atoms with Crippen LogP contribution >= 0.6 is 0 Å². The van der Waals surface area contributed by atoms with Gasteiger partial charge in [-0.3, -0.25) is 0 Å². The monoisotopic (exact) mass is 208 g/mol. The number of aromatic carboxylic acids is 1. The number of carbonyl (C=O) groups excluding carboxylic acids is 1. The second kappa shape index (κ2) is 4.85. The molecular formula is C9H8N2O4. The van der Waals surface area contributed by atoms with Crippen LogP contribution in [0, 0.1) is 0 Å². The predicted octanol–water partition coefficient (Wildman–Crippen LogP) is 0.361. The Morgan fingerprint density at radius 3 is 2.47 bits per heavy atom. The summed E-state index contributed by atoms with van der Waals surface area (Å²) in [5, 5.41) is 8.51. The number of aromatic nitrogens is 2. The molecule has 0 aliphatic heterocycles. The molecule has 1 aromatic heterocycles. The first-order valence-electron chi connectivity index (χ1n) is 3.95. The zero-order valence-electron chi connectivity index (χ0n) is 7.88. The fraction of sp³-hybridized carbons (Fsp3) is 0.111. The molecule has 0 aliphatic carbocycles. The molecular weight excluding hydrogens is 200 g/mol. The zero-order chi connectivity index (χ0) is 11.3. The van der Waals surface area contributed by atoms with Gasteiger partial charge in [0.2, 0.25) is 5.82 Å². The van der Waals surface area contributed by atoms with Gasteiger partial charge in [-0.2, -0.15) is 0 Å². The van der Waals surface area contributed by atoms with Gasteiger partial charge >= 0.3 is 11.9 Å². The predicted molar refractivity (Wildman–Crippen MR) is 50.0 cm³/mol. The van der Waals surface area contributed by atoms with Gasteiger partial charge in [0, 0.05) is 24.0 Å². The highest BCUT2D eigenvalue weighted by Gasteiger charge is 2.04. The van der Waals surface area contributed by atoms with E-state index in [1.165, 1.54) is 31.7 Å². The Labute approximate surface area is 85.2 Å². The molecule has 78 valence electrons. The smallest absolute Gasteiger partial charge is 0.373 e. The van der Waals surface area contributed by atoms with Crippen LogP contribution in [0.25, 0.3) is 6.08 Å². The van der Waals surface area contributed by atoms with Crippen LogP contribution < -0.4 is 0 Å². The lowest BCUT2D eigenvalue weighted by molar-refractivity contribution is -0.134. The second-order valence-electron chi connectivity index (χ2n) is 2.50. The van der Waals surface area contributed by atoms with Crippen molar-refractivity contribution in [1.82, 2.24) is 9.97 Å². The summed E-state index contributed by atoms with van der Waals surface area (Å²) in [5.74, 6) is -1.99. The molecule has 1 N–H and O–H groups in total. The fourth-order valence-electron chi connectivity index (χ4n) is 0.767. The van der Waals surface area contributed by atoms with Crippen molar-refractivity contribution in [2.75, 3.05) is 7.11 Å². The number of esters is 1. The van der Waals surface area contributed by atoms with Crippen molar-refractivity contribution in [3.63, 3.8) is 0 Å². The van der Waals surface area contributed by atoms with Crippen LogP contribution in [0.3, 0.4) is 0 Å². The van der Waals surface area contributed by atoms with Crippen molar-refractivity contribution in [3.8, 4) is 0 Å². The molecule has 1 aromatic rings. The summed E-state index contributed by atoms with van der Waals surface area (Å²) in [5.41, 5.74) is 0.519. The summed E-state index contributed by atoms with van der Waals surface area (Å²) >= 11 is 0. The third kappa shape index (κ3) is 3.18. The highest BCUT2D eigenvalue weighted by atomic mass is 16.5. The van der Waals surface area contributed by atoms with Gasteiger partial charge in [-0.25, -0.2) is 19.6 Å². The molecule has 0 atom stereocenters. The number of methoxy groups -OCH3 is 1. The number of carboxylic acids is 1. The SMILES string of the molecule is COC(=O)C=Cc1cnc(C(=O)O)nc1. The molecule has 6 nitrogen and oxygen atoms in total. The summed E-state index contributed by atoms with van der Waals surface area (Å²) in [6.45, 7) is 0. The third-order valence-corrected chi connectivity index (χ3v) is 1.48. The van der Waals surface area contributed by atoms with Gasteiger partial charge in [0.15, 0.2) is 0 Å². The highest BCUT2D eigenvalue weighted by Crippen LogP contribution is 1.99. The Bertz CT molecular complexity index is 397. The second-order valence-corrected chi connectivity index (χ2v) is 2.50. The molecule has 0 unspecified atom stereocenters. The number of rotatable bonds is 3. The molecule has 6 heteroatoms. The molecule has 0 spiro atoms. The van der Waals surface area contributed by atoms with E-state index in [1.54, 1.807) is 0 Å². The summed E-state index contributed by atoms with van der Waals surface area (Å²) in [4.78, 5) is 28.3. The fourth-order valence-corrected chi connectivity index (χ4v) is 0.767. The lowest BCUT2D eigenvalue weighted by Crippen LogP contribution is -2.03. The van der Waals surface area contributed by atoms with Crippen molar-refractivity contribution in [2.24, 2.45) is 0 Å². The quantitative estimate of drug-likeness (QED) is 0.569. The van der Waals surface area contributed by atoms with E-state index >= 15 is 0 Å². The standard InChI is InChI=1S/C9H8N2O4/c1-15-7(12)3-2-6-4-10-8(9(13)14)11-5-6/h2-5H,1H3,(H,13,14). The topological polar surface area (TPSA) is 89.4 Å². The number of hydrogen-bond donors (Lipinski definition) is 1. The first-order chi connectivity index (χ1) is 7.13. The highest BCUT2D eigenvalue weighted by molar-refractivity contribution is 5.87. The van der Waals surface area contributed by atoms with Crippen molar-refractivity contribution < 1.29 is 19.4 Å². The number of ether oxygens (including phenoxy) is 1. The normalized spacial score (nSPS) is 10.2. The van der Waals surface area contributed by atoms with Gasteiger partial charge in [-0.15, -0.1) is 0 Å². The largest absolute Gasteiger partial charge is 0.475 e. The van der Waals surface area contributed by atoms with E-state index < -0.39 is 11.9 Å². The van der Waals surface area contributed by atoms with Crippen molar-refractivity contribution in [1.29, 1.82) is 0 Å². The Balaban J connectivity index is 2.77. The minimum absolute atomic E-state index is 0.287. The minimum atomic E-state index is -1.20. The van der Waals surface area contributed by atoms with E-state index in [0.717, 1.165) is 0 Å². The summed E-state index contributed by atoms with van der Waals surface area (Å²) in [7, 11) is 1.26. The van der Waals surface area contributed by atoms with E-state index in [2.05, 4.69) is 14.7 Å². The van der Waals surface area contributed by atoms with E-state index in [9.17, 15) is 9.59 Å². The van der Waals surface area contributed by atoms with E-state index in [1.807, 2.05) is 0 Å². The van der Waals surface area contributed by atoms with Crippen molar-refractivity contribution >= 4 is 18.0 Å². The molecule has 0 saturated carbocycles. The first kappa shape index (κ1) is 10.8. The summed E-state index contributed by atoms with van der Waals surface area (Å²) in [6.07, 6.45) is 5.22. The molecule has 0 aliphatic rings. The molecule has 0 amide bonds. The Kier molecular flexibility index (Phi) is 3.50. The molecule has 1 rings (SSSR count). The zero-order valence-corrected chi connectivity index (χ0v) is 7.88. The van der Waals surface area contributed by atoms with Gasteiger partial charge in [-0.05, 0) is 6.08 Å².